The summed E-state index contributed by atoms with van der Waals surface area (Å²) in [6, 6.07) is 3.76. The monoisotopic (exact) mass is 349 g/mol. The molecule has 0 aliphatic carbocycles. The number of amides is 1. The molecule has 2 aromatic rings. The predicted molar refractivity (Wildman–Crippen MR) is 87.9 cm³/mol. The van der Waals surface area contributed by atoms with Crippen LogP contribution in [0, 0.1) is 5.92 Å². The molecule has 1 N–H and O–H groups in total. The van der Waals surface area contributed by atoms with E-state index in [9.17, 15) is 4.79 Å². The number of thiophene rings is 1. The van der Waals surface area contributed by atoms with Crippen LogP contribution in [-0.2, 0) is 0 Å². The minimum absolute atomic E-state index is 0.0430. The third kappa shape index (κ3) is 3.11. The molecule has 24 heavy (non-hydrogen) atoms. The van der Waals surface area contributed by atoms with Crippen LogP contribution in [0.25, 0.3) is 0 Å². The highest BCUT2D eigenvalue weighted by atomic mass is 32.1. The molecule has 3 aliphatic rings. The van der Waals surface area contributed by atoms with Crippen molar-refractivity contribution in [3.05, 3.63) is 23.3 Å². The minimum atomic E-state index is -0.0430. The van der Waals surface area contributed by atoms with Gasteiger partial charge in [0.15, 0.2) is 11.3 Å². The van der Waals surface area contributed by atoms with Gasteiger partial charge in [-0.15, -0.1) is 4.98 Å². The molecule has 3 aliphatic heterocycles. The van der Waals surface area contributed by atoms with Crippen LogP contribution in [0.2, 0.25) is 0 Å². The number of oxazole rings is 1. The summed E-state index contributed by atoms with van der Waals surface area (Å²) in [6.07, 6.45) is 3.81. The lowest BCUT2D eigenvalue weighted by Crippen LogP contribution is -2.57. The number of carbonyl (C=O) groups is 1. The van der Waals surface area contributed by atoms with Crippen molar-refractivity contribution in [2.45, 2.75) is 18.9 Å². The standard InChI is InChI=1S/C16H19N3O4S/c1-21-13-9-22-16(18-13)23-14-3-2-12(24-14)15(20)17-11-8-19-6-4-10(11)5-7-19/h2-3,9-11H,4-8H2,1H3,(H,17,20). The van der Waals surface area contributed by atoms with E-state index in [4.69, 9.17) is 13.9 Å². The Morgan fingerprint density at radius 3 is 2.92 bits per heavy atom. The summed E-state index contributed by atoms with van der Waals surface area (Å²) < 4.78 is 15.6. The molecule has 5 rings (SSSR count). The van der Waals surface area contributed by atoms with Crippen LogP contribution in [0.15, 0.2) is 22.8 Å². The van der Waals surface area contributed by atoms with Crippen molar-refractivity contribution in [3.8, 4) is 17.0 Å². The van der Waals surface area contributed by atoms with Crippen molar-refractivity contribution in [1.82, 2.24) is 15.2 Å². The van der Waals surface area contributed by atoms with Crippen LogP contribution in [0.4, 0.5) is 0 Å². The van der Waals surface area contributed by atoms with Gasteiger partial charge in [-0.3, -0.25) is 4.79 Å². The number of nitrogens with zero attached hydrogens (tertiary/aromatic N) is 2. The van der Waals surface area contributed by atoms with E-state index in [0.29, 0.717) is 21.7 Å². The molecule has 0 spiro atoms. The van der Waals surface area contributed by atoms with Crippen LogP contribution in [-0.4, -0.2) is 48.6 Å². The van der Waals surface area contributed by atoms with E-state index in [-0.39, 0.29) is 18.0 Å². The highest BCUT2D eigenvalue weighted by Gasteiger charge is 2.35. The minimum Gasteiger partial charge on any atom is -0.479 e. The van der Waals surface area contributed by atoms with E-state index in [2.05, 4.69) is 15.2 Å². The molecule has 5 heterocycles. The molecule has 1 atom stereocenters. The van der Waals surface area contributed by atoms with E-state index < -0.39 is 0 Å². The summed E-state index contributed by atoms with van der Waals surface area (Å²) in [5.41, 5.74) is 0. The molecule has 2 aromatic heterocycles. The van der Waals surface area contributed by atoms with E-state index in [1.807, 2.05) is 0 Å². The van der Waals surface area contributed by atoms with Gasteiger partial charge >= 0.3 is 6.08 Å². The van der Waals surface area contributed by atoms with Crippen molar-refractivity contribution in [1.29, 1.82) is 0 Å². The Kier molecular flexibility index (Phi) is 4.15. The quantitative estimate of drug-likeness (QED) is 0.893. The van der Waals surface area contributed by atoms with Crippen LogP contribution < -0.4 is 14.8 Å². The first-order valence-corrected chi connectivity index (χ1v) is 8.83. The van der Waals surface area contributed by atoms with Crippen LogP contribution in [0.1, 0.15) is 22.5 Å². The molecule has 8 heteroatoms. The van der Waals surface area contributed by atoms with Crippen molar-refractivity contribution in [2.75, 3.05) is 26.7 Å². The summed E-state index contributed by atoms with van der Waals surface area (Å²) in [5, 5.41) is 3.73. The third-order valence-corrected chi connectivity index (χ3v) is 5.60. The van der Waals surface area contributed by atoms with Gasteiger partial charge in [-0.1, -0.05) is 11.3 Å². The molecule has 128 valence electrons. The number of methoxy groups -OCH3 is 1. The van der Waals surface area contributed by atoms with Crippen LogP contribution >= 0.6 is 11.3 Å². The van der Waals surface area contributed by atoms with Crippen molar-refractivity contribution >= 4 is 17.2 Å². The predicted octanol–water partition coefficient (Wildman–Crippen LogP) is 2.36. The molecule has 1 amide bonds. The van der Waals surface area contributed by atoms with E-state index in [1.165, 1.54) is 37.6 Å². The first-order valence-electron chi connectivity index (χ1n) is 8.01. The van der Waals surface area contributed by atoms with Gasteiger partial charge in [0.2, 0.25) is 0 Å². The SMILES string of the molecule is COc1coc(Oc2ccc(C(=O)NC3CN4CCC3CC4)s2)n1. The number of carbonyl (C=O) groups excluding carboxylic acids is 1. The number of piperidine rings is 3. The fraction of sp³-hybridized carbons (Fsp3) is 0.500. The Labute approximate surface area is 143 Å². The Bertz CT molecular complexity index is 720. The van der Waals surface area contributed by atoms with Gasteiger partial charge in [0.1, 0.15) is 0 Å². The Morgan fingerprint density at radius 1 is 1.42 bits per heavy atom. The summed E-state index contributed by atoms with van der Waals surface area (Å²) in [6.45, 7) is 3.28. The molecular weight excluding hydrogens is 330 g/mol. The molecule has 3 saturated heterocycles. The Hall–Kier alpha value is -2.06. The van der Waals surface area contributed by atoms with Crippen molar-refractivity contribution in [2.24, 2.45) is 5.92 Å². The Balaban J connectivity index is 1.38. The topological polar surface area (TPSA) is 76.8 Å². The maximum atomic E-state index is 12.5. The average molecular weight is 349 g/mol. The smallest absolute Gasteiger partial charge is 0.403 e. The van der Waals surface area contributed by atoms with Gasteiger partial charge in [0.25, 0.3) is 11.8 Å². The fourth-order valence-electron chi connectivity index (χ4n) is 3.34. The summed E-state index contributed by atoms with van der Waals surface area (Å²) in [4.78, 5) is 19.5. The van der Waals surface area contributed by atoms with Crippen LogP contribution in [0.3, 0.4) is 0 Å². The third-order valence-electron chi connectivity index (χ3n) is 4.64. The molecular formula is C16H19N3O4S. The molecule has 7 nitrogen and oxygen atoms in total. The fourth-order valence-corrected chi connectivity index (χ4v) is 4.09. The zero-order valence-electron chi connectivity index (χ0n) is 13.4. The maximum absolute atomic E-state index is 12.5. The molecule has 0 radical (unpaired) electrons. The second kappa shape index (κ2) is 6.45. The highest BCUT2D eigenvalue weighted by molar-refractivity contribution is 7.15. The van der Waals surface area contributed by atoms with Gasteiger partial charge in [-0.05, 0) is 44.0 Å². The van der Waals surface area contributed by atoms with Gasteiger partial charge < -0.3 is 24.1 Å². The lowest BCUT2D eigenvalue weighted by Gasteiger charge is -2.44. The lowest BCUT2D eigenvalue weighted by molar-refractivity contribution is 0.0622. The van der Waals surface area contributed by atoms with E-state index >= 15 is 0 Å². The summed E-state index contributed by atoms with van der Waals surface area (Å²) in [7, 11) is 1.50. The van der Waals surface area contributed by atoms with Gasteiger partial charge in [0.05, 0.1) is 12.0 Å². The largest absolute Gasteiger partial charge is 0.479 e. The van der Waals surface area contributed by atoms with E-state index in [0.717, 1.165) is 19.6 Å². The average Bonchev–Trinajstić information content (AvgIpc) is 3.26. The molecule has 0 saturated carbocycles. The van der Waals surface area contributed by atoms with Crippen molar-refractivity contribution in [3.63, 3.8) is 0 Å². The number of rotatable bonds is 5. The van der Waals surface area contributed by atoms with Gasteiger partial charge in [0, 0.05) is 12.6 Å². The van der Waals surface area contributed by atoms with Gasteiger partial charge in [-0.25, -0.2) is 0 Å². The second-order valence-electron chi connectivity index (χ2n) is 6.09. The highest BCUT2D eigenvalue weighted by Crippen LogP contribution is 2.31. The normalized spacial score (nSPS) is 25.5. The number of hydrogen-bond donors (Lipinski definition) is 1. The number of hydrogen-bond acceptors (Lipinski definition) is 7. The number of fused-ring (bicyclic) bond motifs is 3. The first kappa shape index (κ1) is 15.5. The second-order valence-corrected chi connectivity index (χ2v) is 7.14. The Morgan fingerprint density at radius 2 is 2.25 bits per heavy atom. The maximum Gasteiger partial charge on any atom is 0.403 e. The molecule has 2 bridgehead atoms. The van der Waals surface area contributed by atoms with Crippen LogP contribution in [0.5, 0.6) is 17.0 Å². The first-order chi connectivity index (χ1) is 11.7. The molecule has 1 unspecified atom stereocenters. The van der Waals surface area contributed by atoms with Crippen molar-refractivity contribution < 1.29 is 18.7 Å². The lowest BCUT2D eigenvalue weighted by atomic mass is 9.84. The number of aromatic nitrogens is 1. The summed E-state index contributed by atoms with van der Waals surface area (Å²) >= 11 is 1.27. The number of nitrogens with one attached hydrogen (secondary N) is 1. The van der Waals surface area contributed by atoms with Gasteiger partial charge in [-0.2, -0.15) is 0 Å². The van der Waals surface area contributed by atoms with E-state index in [1.54, 1.807) is 12.1 Å². The summed E-state index contributed by atoms with van der Waals surface area (Å²) in [5.74, 6) is 0.912. The molecule has 0 aromatic carbocycles. The zero-order valence-corrected chi connectivity index (χ0v) is 14.2. The number of ether oxygens (including phenoxy) is 2. The molecule has 3 fully saturated rings. The zero-order chi connectivity index (χ0) is 16.5.